The van der Waals surface area contributed by atoms with Crippen LogP contribution in [0.3, 0.4) is 0 Å². The zero-order chi connectivity index (χ0) is 17.4. The number of halogens is 1. The lowest BCUT2D eigenvalue weighted by atomic mass is 10.0. The Bertz CT molecular complexity index is 910. The minimum atomic E-state index is 0.771. The first-order valence-electron chi connectivity index (χ1n) is 8.83. The molecule has 0 unspecified atom stereocenters. The first kappa shape index (κ1) is 16.2. The Morgan fingerprint density at radius 2 is 1.84 bits per heavy atom. The van der Waals surface area contributed by atoms with Gasteiger partial charge in [0, 0.05) is 22.7 Å². The number of nitrogens with one attached hydrogen (secondary N) is 1. The van der Waals surface area contributed by atoms with Crippen LogP contribution in [0.15, 0.2) is 42.5 Å². The number of fused-ring (bicyclic) bond motifs is 1. The van der Waals surface area contributed by atoms with Gasteiger partial charge in [-0.1, -0.05) is 47.5 Å². The van der Waals surface area contributed by atoms with E-state index in [0.717, 1.165) is 40.8 Å². The highest BCUT2D eigenvalue weighted by Crippen LogP contribution is 2.34. The molecule has 0 amide bonds. The predicted molar refractivity (Wildman–Crippen MR) is 105 cm³/mol. The van der Waals surface area contributed by atoms with E-state index < -0.39 is 0 Å². The van der Waals surface area contributed by atoms with Crippen LogP contribution >= 0.6 is 11.6 Å². The predicted octanol–water partition coefficient (Wildman–Crippen LogP) is 5.56. The zero-order valence-corrected chi connectivity index (χ0v) is 15.4. The summed E-state index contributed by atoms with van der Waals surface area (Å²) < 4.78 is 2.02. The van der Waals surface area contributed by atoms with E-state index in [0.29, 0.717) is 0 Å². The molecule has 1 N–H and O–H groups in total. The number of aryl methyl sites for hydroxylation is 2. The molecule has 1 aromatic heterocycles. The summed E-state index contributed by atoms with van der Waals surface area (Å²) in [4.78, 5) is 0. The third-order valence-corrected chi connectivity index (χ3v) is 5.26. The van der Waals surface area contributed by atoms with Crippen LogP contribution in [0.4, 0.5) is 5.82 Å². The standard InChI is InChI=1S/C21H22ClN3/c1-14-6-9-16(10-7-14)20-18-5-3-4-12-23-21(18)25(24-20)17-11-8-15(2)19(22)13-17/h6-11,13,23H,3-5,12H2,1-2H3. The maximum atomic E-state index is 6.36. The van der Waals surface area contributed by atoms with E-state index in [1.54, 1.807) is 0 Å². The van der Waals surface area contributed by atoms with E-state index >= 15 is 0 Å². The van der Waals surface area contributed by atoms with E-state index in [4.69, 9.17) is 16.7 Å². The van der Waals surface area contributed by atoms with E-state index in [1.165, 1.54) is 29.5 Å². The summed E-state index contributed by atoms with van der Waals surface area (Å²) in [6, 6.07) is 14.7. The maximum Gasteiger partial charge on any atom is 0.133 e. The fourth-order valence-electron chi connectivity index (χ4n) is 3.35. The van der Waals surface area contributed by atoms with Gasteiger partial charge in [0.1, 0.15) is 5.82 Å². The van der Waals surface area contributed by atoms with Gasteiger partial charge >= 0.3 is 0 Å². The van der Waals surface area contributed by atoms with Gasteiger partial charge in [-0.2, -0.15) is 5.10 Å². The molecule has 1 aliphatic rings. The van der Waals surface area contributed by atoms with Gasteiger partial charge in [0.05, 0.1) is 11.4 Å². The second-order valence-corrected chi connectivity index (χ2v) is 7.18. The molecule has 0 spiro atoms. The number of anilines is 1. The minimum absolute atomic E-state index is 0.771. The van der Waals surface area contributed by atoms with Crippen molar-refractivity contribution in [3.8, 4) is 16.9 Å². The summed E-state index contributed by atoms with van der Waals surface area (Å²) in [5.74, 6) is 1.10. The zero-order valence-electron chi connectivity index (χ0n) is 14.6. The first-order valence-corrected chi connectivity index (χ1v) is 9.20. The van der Waals surface area contributed by atoms with Crippen LogP contribution in [0.2, 0.25) is 5.02 Å². The van der Waals surface area contributed by atoms with E-state index in [1.807, 2.05) is 23.7 Å². The van der Waals surface area contributed by atoms with Crippen molar-refractivity contribution in [3.05, 3.63) is 64.2 Å². The van der Waals surface area contributed by atoms with Gasteiger partial charge in [-0.3, -0.25) is 0 Å². The third-order valence-electron chi connectivity index (χ3n) is 4.85. The Morgan fingerprint density at radius 1 is 1.04 bits per heavy atom. The molecule has 0 atom stereocenters. The molecule has 3 aromatic rings. The molecule has 0 saturated heterocycles. The topological polar surface area (TPSA) is 29.9 Å². The van der Waals surface area contributed by atoms with Gasteiger partial charge in [0.2, 0.25) is 0 Å². The van der Waals surface area contributed by atoms with Gasteiger partial charge in [-0.25, -0.2) is 4.68 Å². The number of rotatable bonds is 2. The largest absolute Gasteiger partial charge is 0.370 e. The molecule has 25 heavy (non-hydrogen) atoms. The molecule has 0 aliphatic carbocycles. The lowest BCUT2D eigenvalue weighted by molar-refractivity contribution is 0.780. The number of aromatic nitrogens is 2. The number of benzene rings is 2. The average Bonchev–Trinajstić information content (AvgIpc) is 2.80. The maximum absolute atomic E-state index is 6.36. The van der Waals surface area contributed by atoms with Crippen molar-refractivity contribution in [2.24, 2.45) is 0 Å². The van der Waals surface area contributed by atoms with Gasteiger partial charge in [0.25, 0.3) is 0 Å². The molecule has 3 nitrogen and oxygen atoms in total. The molecule has 0 radical (unpaired) electrons. The van der Waals surface area contributed by atoms with Crippen LogP contribution in [-0.2, 0) is 6.42 Å². The second kappa shape index (κ2) is 6.57. The summed E-state index contributed by atoms with van der Waals surface area (Å²) in [6.45, 7) is 5.11. The highest BCUT2D eigenvalue weighted by molar-refractivity contribution is 6.31. The van der Waals surface area contributed by atoms with Crippen LogP contribution in [0, 0.1) is 13.8 Å². The van der Waals surface area contributed by atoms with Crippen molar-refractivity contribution in [3.63, 3.8) is 0 Å². The first-order chi connectivity index (χ1) is 12.1. The smallest absolute Gasteiger partial charge is 0.133 e. The van der Waals surface area contributed by atoms with Crippen molar-refractivity contribution in [2.75, 3.05) is 11.9 Å². The van der Waals surface area contributed by atoms with Gasteiger partial charge in [0.15, 0.2) is 0 Å². The molecule has 1 aliphatic heterocycles. The summed E-state index contributed by atoms with van der Waals surface area (Å²) in [5, 5.41) is 9.33. The third kappa shape index (κ3) is 3.05. The van der Waals surface area contributed by atoms with Crippen molar-refractivity contribution < 1.29 is 0 Å². The van der Waals surface area contributed by atoms with Gasteiger partial charge in [-0.15, -0.1) is 0 Å². The fourth-order valence-corrected chi connectivity index (χ4v) is 3.52. The van der Waals surface area contributed by atoms with Crippen LogP contribution in [0.1, 0.15) is 29.5 Å². The lowest BCUT2D eigenvalue weighted by Gasteiger charge is -2.10. The van der Waals surface area contributed by atoms with Crippen molar-refractivity contribution in [1.82, 2.24) is 9.78 Å². The number of hydrogen-bond donors (Lipinski definition) is 1. The Hall–Kier alpha value is -2.26. The molecule has 128 valence electrons. The molecule has 2 heterocycles. The van der Waals surface area contributed by atoms with E-state index in [2.05, 4.69) is 42.6 Å². The van der Waals surface area contributed by atoms with Crippen molar-refractivity contribution >= 4 is 17.4 Å². The van der Waals surface area contributed by atoms with Crippen molar-refractivity contribution in [2.45, 2.75) is 33.1 Å². The minimum Gasteiger partial charge on any atom is -0.370 e. The molecule has 4 heteroatoms. The lowest BCUT2D eigenvalue weighted by Crippen LogP contribution is -2.07. The summed E-state index contributed by atoms with van der Waals surface area (Å²) >= 11 is 6.36. The average molecular weight is 352 g/mol. The molecule has 0 saturated carbocycles. The van der Waals surface area contributed by atoms with Gasteiger partial charge < -0.3 is 5.32 Å². The molecule has 4 rings (SSSR count). The highest BCUT2D eigenvalue weighted by atomic mass is 35.5. The quantitative estimate of drug-likeness (QED) is 0.655. The monoisotopic (exact) mass is 351 g/mol. The number of hydrogen-bond acceptors (Lipinski definition) is 2. The summed E-state index contributed by atoms with van der Waals surface area (Å²) in [6.07, 6.45) is 3.40. The summed E-state index contributed by atoms with van der Waals surface area (Å²) in [5.41, 5.74) is 6.88. The molecular formula is C21H22ClN3. The number of nitrogens with zero attached hydrogens (tertiary/aromatic N) is 2. The molecule has 0 bridgehead atoms. The second-order valence-electron chi connectivity index (χ2n) is 6.77. The Labute approximate surface area is 153 Å². The SMILES string of the molecule is Cc1ccc(-c2nn(-c3ccc(C)c(Cl)c3)c3c2CCCCN3)cc1. The highest BCUT2D eigenvalue weighted by Gasteiger charge is 2.21. The van der Waals surface area contributed by atoms with Crippen LogP contribution in [0.25, 0.3) is 16.9 Å². The molecule has 0 fully saturated rings. The van der Waals surface area contributed by atoms with Gasteiger partial charge in [-0.05, 0) is 50.8 Å². The Kier molecular flexibility index (Phi) is 4.26. The Balaban J connectivity index is 1.89. The fraction of sp³-hybridized carbons (Fsp3) is 0.286. The van der Waals surface area contributed by atoms with E-state index in [9.17, 15) is 0 Å². The van der Waals surface area contributed by atoms with Crippen LogP contribution in [-0.4, -0.2) is 16.3 Å². The van der Waals surface area contributed by atoms with Crippen LogP contribution in [0.5, 0.6) is 0 Å². The van der Waals surface area contributed by atoms with E-state index in [-0.39, 0.29) is 0 Å². The Morgan fingerprint density at radius 3 is 2.60 bits per heavy atom. The molecule has 2 aromatic carbocycles. The normalized spacial score (nSPS) is 13.9. The van der Waals surface area contributed by atoms with Crippen molar-refractivity contribution in [1.29, 1.82) is 0 Å². The summed E-state index contributed by atoms with van der Waals surface area (Å²) in [7, 11) is 0. The molecular weight excluding hydrogens is 330 g/mol. The van der Waals surface area contributed by atoms with Crippen LogP contribution < -0.4 is 5.32 Å².